The van der Waals surface area contributed by atoms with Gasteiger partial charge in [0, 0.05) is 0 Å². The lowest BCUT2D eigenvalue weighted by Gasteiger charge is -2.03. The Morgan fingerprint density at radius 2 is 1.00 bits per heavy atom. The molecule has 10 heavy (non-hydrogen) atoms. The normalized spacial score (nSPS) is 10.0. The highest BCUT2D eigenvalue weighted by Gasteiger charge is 1.97. The van der Waals surface area contributed by atoms with Crippen LogP contribution in [0.15, 0.2) is 48.5 Å². The molecule has 0 unspecified atom stereocenters. The van der Waals surface area contributed by atoms with Crippen molar-refractivity contribution in [2.24, 2.45) is 0 Å². The van der Waals surface area contributed by atoms with E-state index in [0.717, 1.165) is 0 Å². The van der Waals surface area contributed by atoms with Crippen LogP contribution < -0.4 is 0 Å². The van der Waals surface area contributed by atoms with E-state index in [1.807, 2.05) is 12.1 Å². The van der Waals surface area contributed by atoms with Crippen molar-refractivity contribution in [1.82, 2.24) is 0 Å². The van der Waals surface area contributed by atoms with Gasteiger partial charge in [-0.15, -0.1) is 0 Å². The van der Waals surface area contributed by atoms with E-state index in [4.69, 9.17) is 0 Å². The van der Waals surface area contributed by atoms with Gasteiger partial charge >= 0.3 is 0 Å². The molecule has 48 valence electrons. The SMILES string of the molecule is c1cccc2ccc-2cc1. The van der Waals surface area contributed by atoms with Crippen LogP contribution in [0.25, 0.3) is 11.1 Å². The Hall–Kier alpha value is -1.30. The minimum absolute atomic E-state index is 1.33. The van der Waals surface area contributed by atoms with Crippen LogP contribution in [0.1, 0.15) is 0 Å². The fourth-order valence-electron chi connectivity index (χ4n) is 1.03. The lowest BCUT2D eigenvalue weighted by Crippen LogP contribution is -1.78. The molecule has 2 rings (SSSR count). The number of rotatable bonds is 0. The minimum Gasteiger partial charge on any atom is -0.0622 e. The third-order valence-electron chi connectivity index (χ3n) is 1.66. The topological polar surface area (TPSA) is 0 Å². The molecule has 0 aromatic carbocycles. The van der Waals surface area contributed by atoms with Crippen molar-refractivity contribution in [2.45, 2.75) is 0 Å². The summed E-state index contributed by atoms with van der Waals surface area (Å²) in [7, 11) is 0. The monoisotopic (exact) mass is 128 g/mol. The van der Waals surface area contributed by atoms with E-state index in [1.54, 1.807) is 0 Å². The van der Waals surface area contributed by atoms with Crippen molar-refractivity contribution < 1.29 is 0 Å². The lowest BCUT2D eigenvalue weighted by molar-refractivity contribution is 1.60. The first kappa shape index (κ1) is 5.48. The molecule has 0 atom stereocenters. The Morgan fingerprint density at radius 3 is 1.40 bits per heavy atom. The molecule has 0 spiro atoms. The van der Waals surface area contributed by atoms with Crippen LogP contribution in [0, 0.1) is 0 Å². The number of hydrogen-bond acceptors (Lipinski definition) is 0. The van der Waals surface area contributed by atoms with E-state index in [-0.39, 0.29) is 0 Å². The Bertz CT molecular complexity index is 266. The van der Waals surface area contributed by atoms with Gasteiger partial charge in [-0.05, 0) is 11.1 Å². The summed E-state index contributed by atoms with van der Waals surface area (Å²) in [6, 6.07) is 16.7. The summed E-state index contributed by atoms with van der Waals surface area (Å²) >= 11 is 0. The molecule has 0 heterocycles. The second-order valence-electron chi connectivity index (χ2n) is 2.35. The first-order valence-corrected chi connectivity index (χ1v) is 3.40. The molecule has 0 saturated heterocycles. The molecule has 0 aromatic rings. The molecule has 0 aliphatic heterocycles. The van der Waals surface area contributed by atoms with Gasteiger partial charge in [-0.3, -0.25) is 0 Å². The lowest BCUT2D eigenvalue weighted by atomic mass is 10.0. The number of fused-ring (bicyclic) bond motifs is 1. The van der Waals surface area contributed by atoms with E-state index >= 15 is 0 Å². The van der Waals surface area contributed by atoms with E-state index in [2.05, 4.69) is 36.4 Å². The molecule has 0 aromatic heterocycles. The van der Waals surface area contributed by atoms with Crippen LogP contribution in [0.3, 0.4) is 0 Å². The largest absolute Gasteiger partial charge is 0.0622 e. The molecule has 0 bridgehead atoms. The predicted molar refractivity (Wildman–Crippen MR) is 43.1 cm³/mol. The standard InChI is InChI=1S/C10H8/c1-2-4-6-10-8-7-9(10)5-3-1/h1-8H. The summed E-state index contributed by atoms with van der Waals surface area (Å²) < 4.78 is 0. The van der Waals surface area contributed by atoms with Crippen LogP contribution in [-0.2, 0) is 0 Å². The summed E-state index contributed by atoms with van der Waals surface area (Å²) in [4.78, 5) is 0. The predicted octanol–water partition coefficient (Wildman–Crippen LogP) is 2.79. The summed E-state index contributed by atoms with van der Waals surface area (Å²) in [6.45, 7) is 0. The second kappa shape index (κ2) is 2.14. The maximum absolute atomic E-state index is 2.12. The fraction of sp³-hybridized carbons (Fsp3) is 0. The summed E-state index contributed by atoms with van der Waals surface area (Å²) in [5.74, 6) is 0. The van der Waals surface area contributed by atoms with Gasteiger partial charge in [0.2, 0.25) is 0 Å². The summed E-state index contributed by atoms with van der Waals surface area (Å²) in [5, 5.41) is 0. The van der Waals surface area contributed by atoms with Gasteiger partial charge in [0.05, 0.1) is 0 Å². The van der Waals surface area contributed by atoms with E-state index in [9.17, 15) is 0 Å². The maximum atomic E-state index is 2.12. The molecule has 2 aliphatic rings. The highest BCUT2D eigenvalue weighted by molar-refractivity contribution is 5.68. The molecule has 0 radical (unpaired) electrons. The number of hydrogen-bond donors (Lipinski definition) is 0. The average molecular weight is 128 g/mol. The van der Waals surface area contributed by atoms with Gasteiger partial charge in [0.25, 0.3) is 0 Å². The first-order chi connectivity index (χ1) is 4.97. The summed E-state index contributed by atoms with van der Waals surface area (Å²) in [5.41, 5.74) is 2.67. The zero-order valence-electron chi connectivity index (χ0n) is 5.62. The van der Waals surface area contributed by atoms with Crippen molar-refractivity contribution in [1.29, 1.82) is 0 Å². The van der Waals surface area contributed by atoms with Crippen molar-refractivity contribution in [2.75, 3.05) is 0 Å². The van der Waals surface area contributed by atoms with Crippen LogP contribution >= 0.6 is 0 Å². The van der Waals surface area contributed by atoms with Crippen molar-refractivity contribution in [3.8, 4) is 11.1 Å². The van der Waals surface area contributed by atoms with E-state index < -0.39 is 0 Å². The van der Waals surface area contributed by atoms with Crippen molar-refractivity contribution >= 4 is 0 Å². The van der Waals surface area contributed by atoms with Gasteiger partial charge in [-0.2, -0.15) is 0 Å². The smallest absolute Gasteiger partial charge is 0.0184 e. The maximum Gasteiger partial charge on any atom is -0.0184 e. The van der Waals surface area contributed by atoms with Crippen LogP contribution in [-0.4, -0.2) is 0 Å². The fourth-order valence-corrected chi connectivity index (χ4v) is 1.03. The minimum atomic E-state index is 1.33. The van der Waals surface area contributed by atoms with Crippen LogP contribution in [0.5, 0.6) is 0 Å². The molecule has 0 saturated carbocycles. The van der Waals surface area contributed by atoms with Crippen molar-refractivity contribution in [3.63, 3.8) is 0 Å². The molecule has 2 aliphatic carbocycles. The van der Waals surface area contributed by atoms with Gasteiger partial charge < -0.3 is 0 Å². The zero-order chi connectivity index (χ0) is 6.81. The van der Waals surface area contributed by atoms with Crippen molar-refractivity contribution in [3.05, 3.63) is 48.5 Å². The Kier molecular flexibility index (Phi) is 1.17. The Labute approximate surface area is 60.5 Å². The second-order valence-corrected chi connectivity index (χ2v) is 2.35. The van der Waals surface area contributed by atoms with Gasteiger partial charge in [0.1, 0.15) is 0 Å². The molecule has 0 amide bonds. The third-order valence-corrected chi connectivity index (χ3v) is 1.66. The van der Waals surface area contributed by atoms with Crippen LogP contribution in [0.2, 0.25) is 0 Å². The highest BCUT2D eigenvalue weighted by Crippen LogP contribution is 2.22. The molecule has 0 fully saturated rings. The molecule has 0 N–H and O–H groups in total. The van der Waals surface area contributed by atoms with Gasteiger partial charge in [-0.1, -0.05) is 48.5 Å². The average Bonchev–Trinajstić information content (AvgIpc) is 1.89. The molecule has 0 heteroatoms. The quantitative estimate of drug-likeness (QED) is 0.511. The Balaban J connectivity index is 2.65. The first-order valence-electron chi connectivity index (χ1n) is 3.40. The van der Waals surface area contributed by atoms with Gasteiger partial charge in [-0.25, -0.2) is 0 Å². The molecular formula is C10H8. The van der Waals surface area contributed by atoms with Gasteiger partial charge in [0.15, 0.2) is 0 Å². The third kappa shape index (κ3) is 0.781. The Morgan fingerprint density at radius 1 is 0.500 bits per heavy atom. The van der Waals surface area contributed by atoms with E-state index in [1.165, 1.54) is 11.1 Å². The zero-order valence-corrected chi connectivity index (χ0v) is 5.62. The van der Waals surface area contributed by atoms with Crippen LogP contribution in [0.4, 0.5) is 0 Å². The van der Waals surface area contributed by atoms with E-state index in [0.29, 0.717) is 0 Å². The molecular weight excluding hydrogens is 120 g/mol. The highest BCUT2D eigenvalue weighted by atomic mass is 14.0. The summed E-state index contributed by atoms with van der Waals surface area (Å²) in [6.07, 6.45) is 0. The molecule has 0 nitrogen and oxygen atoms in total.